The van der Waals surface area contributed by atoms with Crippen molar-refractivity contribution in [2.75, 3.05) is 19.6 Å². The van der Waals surface area contributed by atoms with Gasteiger partial charge in [0.25, 0.3) is 0 Å². The number of ether oxygens (including phenoxy) is 1. The van der Waals surface area contributed by atoms with Crippen LogP contribution in [0.2, 0.25) is 0 Å². The maximum absolute atomic E-state index is 6.40. The zero-order valence-corrected chi connectivity index (χ0v) is 11.8. The molecular formula is C14H28N2O. The van der Waals surface area contributed by atoms with Gasteiger partial charge in [0, 0.05) is 18.5 Å². The van der Waals surface area contributed by atoms with Gasteiger partial charge in [0.15, 0.2) is 0 Å². The fraction of sp³-hybridized carbons (Fsp3) is 1.00. The summed E-state index contributed by atoms with van der Waals surface area (Å²) < 4.78 is 6.15. The molecule has 0 aliphatic carbocycles. The SMILES string of the molecule is CC1(C)OC(C)(C)C(CN2CCCCC2)C1N. The highest BCUT2D eigenvalue weighted by molar-refractivity contribution is 5.04. The van der Waals surface area contributed by atoms with Crippen LogP contribution in [0.3, 0.4) is 0 Å². The highest BCUT2D eigenvalue weighted by Crippen LogP contribution is 2.41. The van der Waals surface area contributed by atoms with Crippen LogP contribution in [-0.4, -0.2) is 41.8 Å². The van der Waals surface area contributed by atoms with E-state index in [1.165, 1.54) is 32.4 Å². The molecule has 2 N–H and O–H groups in total. The third-order valence-electron chi connectivity index (χ3n) is 4.56. The van der Waals surface area contributed by atoms with E-state index in [4.69, 9.17) is 10.5 Å². The summed E-state index contributed by atoms with van der Waals surface area (Å²) in [4.78, 5) is 2.57. The average molecular weight is 240 g/mol. The van der Waals surface area contributed by atoms with Crippen LogP contribution in [0.15, 0.2) is 0 Å². The van der Waals surface area contributed by atoms with Crippen molar-refractivity contribution >= 4 is 0 Å². The van der Waals surface area contributed by atoms with Gasteiger partial charge in [-0.2, -0.15) is 0 Å². The Balaban J connectivity index is 2.03. The zero-order chi connectivity index (χ0) is 12.7. The van der Waals surface area contributed by atoms with Crippen molar-refractivity contribution in [2.24, 2.45) is 11.7 Å². The van der Waals surface area contributed by atoms with Crippen LogP contribution in [0.4, 0.5) is 0 Å². The molecule has 0 radical (unpaired) electrons. The largest absolute Gasteiger partial charge is 0.368 e. The van der Waals surface area contributed by atoms with Gasteiger partial charge in [-0.15, -0.1) is 0 Å². The van der Waals surface area contributed by atoms with Crippen molar-refractivity contribution in [1.82, 2.24) is 4.90 Å². The molecule has 0 saturated carbocycles. The Hall–Kier alpha value is -0.120. The van der Waals surface area contributed by atoms with Gasteiger partial charge in [0.05, 0.1) is 11.2 Å². The minimum atomic E-state index is -0.191. The second-order valence-electron chi connectivity index (χ2n) is 6.80. The Labute approximate surface area is 106 Å². The predicted octanol–water partition coefficient (Wildman–Crippen LogP) is 2.00. The molecule has 0 aromatic rings. The summed E-state index contributed by atoms with van der Waals surface area (Å²) >= 11 is 0. The number of nitrogens with zero attached hydrogens (tertiary/aromatic N) is 1. The first-order valence-corrected chi connectivity index (χ1v) is 7.01. The minimum absolute atomic E-state index is 0.0969. The molecule has 2 aliphatic heterocycles. The predicted molar refractivity (Wildman–Crippen MR) is 71.0 cm³/mol. The zero-order valence-electron chi connectivity index (χ0n) is 11.8. The van der Waals surface area contributed by atoms with E-state index in [0.29, 0.717) is 5.92 Å². The Bertz CT molecular complexity index is 269. The van der Waals surface area contributed by atoms with Crippen molar-refractivity contribution in [3.05, 3.63) is 0 Å². The molecule has 2 heterocycles. The van der Waals surface area contributed by atoms with E-state index in [2.05, 4.69) is 32.6 Å². The summed E-state index contributed by atoms with van der Waals surface area (Å²) in [6.07, 6.45) is 4.07. The van der Waals surface area contributed by atoms with E-state index in [9.17, 15) is 0 Å². The lowest BCUT2D eigenvalue weighted by Crippen LogP contribution is -2.49. The van der Waals surface area contributed by atoms with Crippen LogP contribution in [0.5, 0.6) is 0 Å². The molecule has 0 aromatic heterocycles. The molecule has 3 nitrogen and oxygen atoms in total. The van der Waals surface area contributed by atoms with E-state index in [0.717, 1.165) is 6.54 Å². The number of nitrogens with two attached hydrogens (primary N) is 1. The summed E-state index contributed by atoms with van der Waals surface area (Å²) in [7, 11) is 0. The fourth-order valence-corrected chi connectivity index (χ4v) is 3.49. The van der Waals surface area contributed by atoms with Gasteiger partial charge in [0.2, 0.25) is 0 Å². The number of piperidine rings is 1. The lowest BCUT2D eigenvalue weighted by atomic mass is 9.82. The van der Waals surface area contributed by atoms with Gasteiger partial charge in [-0.25, -0.2) is 0 Å². The van der Waals surface area contributed by atoms with E-state index in [1.807, 2.05) is 0 Å². The van der Waals surface area contributed by atoms with E-state index in [-0.39, 0.29) is 17.2 Å². The average Bonchev–Trinajstić information content (AvgIpc) is 2.38. The molecule has 2 aliphatic rings. The highest BCUT2D eigenvalue weighted by atomic mass is 16.5. The molecule has 2 rings (SSSR count). The van der Waals surface area contributed by atoms with Gasteiger partial charge in [-0.1, -0.05) is 6.42 Å². The maximum atomic E-state index is 6.40. The third-order valence-corrected chi connectivity index (χ3v) is 4.56. The first kappa shape index (κ1) is 13.3. The molecule has 2 atom stereocenters. The van der Waals surface area contributed by atoms with Gasteiger partial charge in [0.1, 0.15) is 0 Å². The summed E-state index contributed by atoms with van der Waals surface area (Å²) in [5, 5.41) is 0. The number of hydrogen-bond acceptors (Lipinski definition) is 3. The molecule has 2 fully saturated rings. The Kier molecular flexibility index (Phi) is 3.54. The molecule has 2 saturated heterocycles. The number of hydrogen-bond donors (Lipinski definition) is 1. The lowest BCUT2D eigenvalue weighted by molar-refractivity contribution is -0.0787. The summed E-state index contributed by atoms with van der Waals surface area (Å²) in [5.41, 5.74) is 6.11. The molecule has 0 aromatic carbocycles. The molecule has 0 bridgehead atoms. The Morgan fingerprint density at radius 1 is 1.06 bits per heavy atom. The van der Waals surface area contributed by atoms with Crippen LogP contribution in [-0.2, 0) is 4.74 Å². The van der Waals surface area contributed by atoms with Crippen LogP contribution in [0.25, 0.3) is 0 Å². The number of rotatable bonds is 2. The second-order valence-corrected chi connectivity index (χ2v) is 6.80. The first-order chi connectivity index (χ1) is 7.83. The molecular weight excluding hydrogens is 212 g/mol. The van der Waals surface area contributed by atoms with Crippen LogP contribution >= 0.6 is 0 Å². The van der Waals surface area contributed by atoms with E-state index < -0.39 is 0 Å². The number of likely N-dealkylation sites (tertiary alicyclic amines) is 1. The summed E-state index contributed by atoms with van der Waals surface area (Å²) in [6.45, 7) is 12.2. The Morgan fingerprint density at radius 3 is 2.12 bits per heavy atom. The van der Waals surface area contributed by atoms with Crippen molar-refractivity contribution in [2.45, 2.75) is 64.2 Å². The van der Waals surface area contributed by atoms with Crippen molar-refractivity contribution in [3.63, 3.8) is 0 Å². The summed E-state index contributed by atoms with van der Waals surface area (Å²) in [6, 6.07) is 0.138. The standard InChI is InChI=1S/C14H28N2O/c1-13(2)11(12(15)14(3,4)17-13)10-16-8-6-5-7-9-16/h11-12H,5-10,15H2,1-4H3. The van der Waals surface area contributed by atoms with Crippen molar-refractivity contribution in [1.29, 1.82) is 0 Å². The van der Waals surface area contributed by atoms with Crippen LogP contribution in [0, 0.1) is 5.92 Å². The molecule has 0 spiro atoms. The van der Waals surface area contributed by atoms with Crippen molar-refractivity contribution < 1.29 is 4.74 Å². The van der Waals surface area contributed by atoms with Gasteiger partial charge in [-0.05, 0) is 53.6 Å². The van der Waals surface area contributed by atoms with E-state index >= 15 is 0 Å². The van der Waals surface area contributed by atoms with Gasteiger partial charge >= 0.3 is 0 Å². The fourth-order valence-electron chi connectivity index (χ4n) is 3.49. The lowest BCUT2D eigenvalue weighted by Gasteiger charge is -2.35. The first-order valence-electron chi connectivity index (χ1n) is 7.01. The molecule has 100 valence electrons. The molecule has 17 heavy (non-hydrogen) atoms. The van der Waals surface area contributed by atoms with Crippen LogP contribution in [0.1, 0.15) is 47.0 Å². The normalized spacial score (nSPS) is 37.2. The molecule has 0 amide bonds. The minimum Gasteiger partial charge on any atom is -0.368 e. The topological polar surface area (TPSA) is 38.5 Å². The van der Waals surface area contributed by atoms with Crippen LogP contribution < -0.4 is 5.73 Å². The van der Waals surface area contributed by atoms with Gasteiger partial charge in [-0.3, -0.25) is 0 Å². The molecule has 2 unspecified atom stereocenters. The van der Waals surface area contributed by atoms with E-state index in [1.54, 1.807) is 0 Å². The quantitative estimate of drug-likeness (QED) is 0.802. The van der Waals surface area contributed by atoms with Gasteiger partial charge < -0.3 is 15.4 Å². The monoisotopic (exact) mass is 240 g/mol. The smallest absolute Gasteiger partial charge is 0.0788 e. The summed E-state index contributed by atoms with van der Waals surface area (Å²) in [5.74, 6) is 0.440. The highest BCUT2D eigenvalue weighted by Gasteiger charge is 2.52. The van der Waals surface area contributed by atoms with Crippen molar-refractivity contribution in [3.8, 4) is 0 Å². The third kappa shape index (κ3) is 2.67. The molecule has 3 heteroatoms. The Morgan fingerprint density at radius 2 is 1.65 bits per heavy atom. The maximum Gasteiger partial charge on any atom is 0.0788 e. The second kappa shape index (κ2) is 4.52.